The summed E-state index contributed by atoms with van der Waals surface area (Å²) in [6.07, 6.45) is 0. The van der Waals surface area contributed by atoms with Crippen LogP contribution in [-0.2, 0) is 21.7 Å². The molecule has 0 N–H and O–H groups in total. The van der Waals surface area contributed by atoms with E-state index in [-0.39, 0.29) is 21.7 Å². The molecule has 2 nitrogen and oxygen atoms in total. The molecule has 0 radical (unpaired) electrons. The van der Waals surface area contributed by atoms with Crippen LogP contribution in [0.25, 0.3) is 66.8 Å². The van der Waals surface area contributed by atoms with E-state index in [4.69, 9.17) is 0 Å². The zero-order chi connectivity index (χ0) is 44.8. The van der Waals surface area contributed by atoms with Crippen LogP contribution in [0.1, 0.15) is 116 Å². The highest BCUT2D eigenvalue weighted by Crippen LogP contribution is 2.56. The van der Waals surface area contributed by atoms with Gasteiger partial charge in [-0.25, -0.2) is 0 Å². The molecule has 0 spiro atoms. The van der Waals surface area contributed by atoms with Crippen molar-refractivity contribution in [2.75, 3.05) is 0 Å². The second-order valence-electron chi connectivity index (χ2n) is 20.9. The Hall–Kier alpha value is -6.48. The first kappa shape index (κ1) is 43.6. The molecule has 0 fully saturated rings. The van der Waals surface area contributed by atoms with E-state index in [0.29, 0.717) is 11.1 Å². The molecule has 7 aromatic rings. The molecule has 0 atom stereocenters. The lowest BCUT2D eigenvalue weighted by Crippen LogP contribution is -2.11. The monoisotopic (exact) mass is 808 g/mol. The standard InChI is InChI=1S/C60H60N2/c1-57(2,3)47-29-21-43(22-30-47)53-51(41-17-13-39(37-61)14-18-41)55(45-25-33-49(34-26-45)59(7,8)9)56(46-27-35-50(36-28-46)60(10,11)12)52(42-19-15-40(38-62)16-20-42)54(53)44-23-31-48(32-24-44)58(4,5)6/h13-36H,1-12H3. The Bertz CT molecular complexity index is 2450. The Balaban J connectivity index is 1.79. The average molecular weight is 809 g/mol. The lowest BCUT2D eigenvalue weighted by Gasteiger charge is -2.30. The maximum atomic E-state index is 10.0. The van der Waals surface area contributed by atoms with Crippen molar-refractivity contribution in [3.05, 3.63) is 179 Å². The van der Waals surface area contributed by atoms with Crippen molar-refractivity contribution in [1.29, 1.82) is 10.5 Å². The van der Waals surface area contributed by atoms with Crippen molar-refractivity contribution in [2.24, 2.45) is 0 Å². The van der Waals surface area contributed by atoms with Crippen LogP contribution in [0.2, 0.25) is 0 Å². The Morgan fingerprint density at radius 1 is 0.242 bits per heavy atom. The van der Waals surface area contributed by atoms with Crippen molar-refractivity contribution in [3.63, 3.8) is 0 Å². The summed E-state index contributed by atoms with van der Waals surface area (Å²) >= 11 is 0. The molecule has 0 saturated carbocycles. The van der Waals surface area contributed by atoms with E-state index < -0.39 is 0 Å². The molecule has 0 aliphatic heterocycles. The van der Waals surface area contributed by atoms with Gasteiger partial charge in [0.2, 0.25) is 0 Å². The summed E-state index contributed by atoms with van der Waals surface area (Å²) in [7, 11) is 0. The van der Waals surface area contributed by atoms with Gasteiger partial charge in [-0.1, -0.05) is 204 Å². The third kappa shape index (κ3) is 8.80. The van der Waals surface area contributed by atoms with Crippen LogP contribution in [0.4, 0.5) is 0 Å². The molecule has 0 aromatic heterocycles. The Labute approximate surface area is 371 Å². The predicted octanol–water partition coefficient (Wildman–Crippen LogP) is 16.6. The van der Waals surface area contributed by atoms with Crippen LogP contribution in [-0.4, -0.2) is 0 Å². The van der Waals surface area contributed by atoms with Gasteiger partial charge in [-0.2, -0.15) is 10.5 Å². The number of nitrogens with zero attached hydrogens (tertiary/aromatic N) is 2. The van der Waals surface area contributed by atoms with E-state index in [2.05, 4.69) is 217 Å². The van der Waals surface area contributed by atoms with Gasteiger partial charge in [0.05, 0.1) is 23.3 Å². The zero-order valence-electron chi connectivity index (χ0n) is 38.8. The van der Waals surface area contributed by atoms with Crippen LogP contribution in [0.15, 0.2) is 146 Å². The molecule has 2 heteroatoms. The van der Waals surface area contributed by atoms with Gasteiger partial charge < -0.3 is 0 Å². The van der Waals surface area contributed by atoms with Gasteiger partial charge in [0.25, 0.3) is 0 Å². The van der Waals surface area contributed by atoms with Crippen molar-refractivity contribution in [3.8, 4) is 78.9 Å². The molecule has 0 aliphatic carbocycles. The van der Waals surface area contributed by atoms with Crippen molar-refractivity contribution in [1.82, 2.24) is 0 Å². The highest BCUT2D eigenvalue weighted by atomic mass is 14.3. The van der Waals surface area contributed by atoms with Crippen LogP contribution in [0.5, 0.6) is 0 Å². The Kier molecular flexibility index (Phi) is 11.5. The normalized spacial score (nSPS) is 12.2. The number of benzene rings is 7. The second kappa shape index (κ2) is 16.4. The third-order valence-corrected chi connectivity index (χ3v) is 12.3. The van der Waals surface area contributed by atoms with E-state index in [1.54, 1.807) is 0 Å². The fraction of sp³-hybridized carbons (Fsp3) is 0.267. The van der Waals surface area contributed by atoms with Crippen LogP contribution < -0.4 is 0 Å². The highest BCUT2D eigenvalue weighted by molar-refractivity contribution is 6.15. The summed E-state index contributed by atoms with van der Waals surface area (Å²) < 4.78 is 0. The summed E-state index contributed by atoms with van der Waals surface area (Å²) in [5.74, 6) is 0. The summed E-state index contributed by atoms with van der Waals surface area (Å²) in [5.41, 5.74) is 19.3. The maximum Gasteiger partial charge on any atom is 0.0991 e. The zero-order valence-corrected chi connectivity index (χ0v) is 38.8. The first-order valence-electron chi connectivity index (χ1n) is 21.9. The predicted molar refractivity (Wildman–Crippen MR) is 263 cm³/mol. The van der Waals surface area contributed by atoms with E-state index in [0.717, 1.165) is 66.8 Å². The summed E-state index contributed by atoms with van der Waals surface area (Å²) in [6.45, 7) is 27.1. The van der Waals surface area contributed by atoms with Crippen LogP contribution in [0.3, 0.4) is 0 Å². The van der Waals surface area contributed by atoms with Crippen molar-refractivity contribution < 1.29 is 0 Å². The topological polar surface area (TPSA) is 47.6 Å². The number of rotatable bonds is 6. The van der Waals surface area contributed by atoms with E-state index in [1.807, 2.05) is 24.3 Å². The Morgan fingerprint density at radius 3 is 0.516 bits per heavy atom. The molecule has 0 bridgehead atoms. The first-order chi connectivity index (χ1) is 29.2. The molecule has 0 saturated heterocycles. The molecule has 7 rings (SSSR count). The maximum absolute atomic E-state index is 10.0. The van der Waals surface area contributed by atoms with Crippen molar-refractivity contribution >= 4 is 0 Å². The summed E-state index contributed by atoms with van der Waals surface area (Å²) in [6, 6.07) is 57.6. The van der Waals surface area contributed by atoms with Crippen LogP contribution >= 0.6 is 0 Å². The third-order valence-electron chi connectivity index (χ3n) is 12.3. The molecule has 7 aromatic carbocycles. The molecular formula is C60H60N2. The number of hydrogen-bond donors (Lipinski definition) is 0. The first-order valence-corrected chi connectivity index (χ1v) is 21.9. The van der Waals surface area contributed by atoms with Gasteiger partial charge in [0, 0.05) is 0 Å². The quantitative estimate of drug-likeness (QED) is 0.168. The molecule has 310 valence electrons. The van der Waals surface area contributed by atoms with Crippen molar-refractivity contribution in [2.45, 2.75) is 105 Å². The van der Waals surface area contributed by atoms with Gasteiger partial charge in [-0.3, -0.25) is 0 Å². The molecule has 0 aliphatic rings. The largest absolute Gasteiger partial charge is 0.192 e. The minimum Gasteiger partial charge on any atom is -0.192 e. The minimum atomic E-state index is -0.0310. The smallest absolute Gasteiger partial charge is 0.0991 e. The SMILES string of the molecule is CC(C)(C)c1ccc(-c2c(-c3ccc(C#N)cc3)c(-c3ccc(C(C)(C)C)cc3)c(-c3ccc(C(C)(C)C)cc3)c(-c3ccc(C#N)cc3)c2-c2ccc(C(C)(C)C)cc2)cc1. The molecule has 0 amide bonds. The lowest BCUT2D eigenvalue weighted by atomic mass is 9.73. The van der Waals surface area contributed by atoms with E-state index in [1.165, 1.54) is 22.3 Å². The van der Waals surface area contributed by atoms with Gasteiger partial charge in [-0.05, 0) is 135 Å². The van der Waals surface area contributed by atoms with Gasteiger partial charge in [0.15, 0.2) is 0 Å². The molecule has 0 heterocycles. The Morgan fingerprint density at radius 2 is 0.387 bits per heavy atom. The fourth-order valence-corrected chi connectivity index (χ4v) is 8.45. The lowest BCUT2D eigenvalue weighted by molar-refractivity contribution is 0.590. The van der Waals surface area contributed by atoms with E-state index >= 15 is 0 Å². The molecule has 62 heavy (non-hydrogen) atoms. The molecular weight excluding hydrogens is 749 g/mol. The summed E-state index contributed by atoms with van der Waals surface area (Å²) in [4.78, 5) is 0. The molecule has 0 unspecified atom stereocenters. The second-order valence-corrected chi connectivity index (χ2v) is 20.9. The highest BCUT2D eigenvalue weighted by Gasteiger charge is 2.30. The van der Waals surface area contributed by atoms with Gasteiger partial charge >= 0.3 is 0 Å². The van der Waals surface area contributed by atoms with Gasteiger partial charge in [0.1, 0.15) is 0 Å². The minimum absolute atomic E-state index is 0.0310. The van der Waals surface area contributed by atoms with Gasteiger partial charge in [-0.15, -0.1) is 0 Å². The number of hydrogen-bond acceptors (Lipinski definition) is 2. The fourth-order valence-electron chi connectivity index (χ4n) is 8.45. The van der Waals surface area contributed by atoms with Crippen LogP contribution in [0, 0.1) is 22.7 Å². The average Bonchev–Trinajstić information content (AvgIpc) is 3.24. The number of nitriles is 2. The summed E-state index contributed by atoms with van der Waals surface area (Å²) in [5, 5.41) is 20.0. The van der Waals surface area contributed by atoms with E-state index in [9.17, 15) is 10.5 Å².